The van der Waals surface area contributed by atoms with E-state index in [0.29, 0.717) is 0 Å². The van der Waals surface area contributed by atoms with Crippen LogP contribution in [0.2, 0.25) is 0 Å². The van der Waals surface area contributed by atoms with E-state index >= 15 is 0 Å². The zero-order chi connectivity index (χ0) is 12.5. The summed E-state index contributed by atoms with van der Waals surface area (Å²) < 4.78 is 51.5. The lowest BCUT2D eigenvalue weighted by atomic mass is 10.3. The molecule has 1 rings (SSSR count). The van der Waals surface area contributed by atoms with Crippen molar-refractivity contribution in [2.75, 3.05) is 7.11 Å². The Morgan fingerprint density at radius 3 is 2.44 bits per heavy atom. The Kier molecular flexibility index (Phi) is 3.29. The number of halogens is 2. The Balaban J connectivity index is 3.67. The van der Waals surface area contributed by atoms with E-state index in [9.17, 15) is 22.0 Å². The molecule has 9 heteroatoms. The van der Waals surface area contributed by atoms with Gasteiger partial charge in [0.1, 0.15) is 5.69 Å². The first-order valence-electron chi connectivity index (χ1n) is 3.89. The minimum absolute atomic E-state index is 0.271. The molecule has 16 heavy (non-hydrogen) atoms. The zero-order valence-corrected chi connectivity index (χ0v) is 8.85. The highest BCUT2D eigenvalue weighted by molar-refractivity contribution is 7.89. The predicted molar refractivity (Wildman–Crippen MR) is 49.9 cm³/mol. The lowest BCUT2D eigenvalue weighted by Gasteiger charge is -2.08. The van der Waals surface area contributed by atoms with Gasteiger partial charge in [-0.15, -0.1) is 0 Å². The van der Waals surface area contributed by atoms with Gasteiger partial charge in [0, 0.05) is 6.07 Å². The van der Waals surface area contributed by atoms with E-state index in [0.717, 1.165) is 13.2 Å². The lowest BCUT2D eigenvalue weighted by molar-refractivity contribution is 0.141. The monoisotopic (exact) mass is 254 g/mol. The average Bonchev–Trinajstić information content (AvgIpc) is 2.14. The quantitative estimate of drug-likeness (QED) is 0.790. The highest BCUT2D eigenvalue weighted by atomic mass is 32.2. The fraction of sp³-hybridized carbons (Fsp3) is 0.286. The van der Waals surface area contributed by atoms with Gasteiger partial charge in [0.15, 0.2) is 10.8 Å². The van der Waals surface area contributed by atoms with Gasteiger partial charge in [-0.25, -0.2) is 22.3 Å². The van der Waals surface area contributed by atoms with Gasteiger partial charge in [0.2, 0.25) is 15.5 Å². The molecule has 1 heterocycles. The summed E-state index contributed by atoms with van der Waals surface area (Å²) in [4.78, 5) is 12.1. The second kappa shape index (κ2) is 4.18. The van der Waals surface area contributed by atoms with Crippen molar-refractivity contribution in [2.24, 2.45) is 5.14 Å². The van der Waals surface area contributed by atoms with Gasteiger partial charge < -0.3 is 9.72 Å². The summed E-state index contributed by atoms with van der Waals surface area (Å²) in [5, 5.41) is 4.67. The number of H-pyrrole nitrogens is 1. The molecule has 0 saturated carbocycles. The molecule has 90 valence electrons. The van der Waals surface area contributed by atoms with E-state index in [1.165, 1.54) is 0 Å². The number of ether oxygens (including phenoxy) is 1. The maximum absolute atomic E-state index is 12.5. The van der Waals surface area contributed by atoms with Crippen LogP contribution in [-0.4, -0.2) is 20.5 Å². The third kappa shape index (κ3) is 2.36. The minimum Gasteiger partial charge on any atom is -0.482 e. The number of sulfonamides is 1. The zero-order valence-electron chi connectivity index (χ0n) is 8.03. The number of nitrogens with one attached hydrogen (secondary N) is 1. The number of nitrogens with two attached hydrogens (primary N) is 1. The molecule has 0 spiro atoms. The molecule has 0 aliphatic carbocycles. The number of rotatable bonds is 3. The highest BCUT2D eigenvalue weighted by Gasteiger charge is 2.25. The fourth-order valence-corrected chi connectivity index (χ4v) is 1.89. The van der Waals surface area contributed by atoms with Crippen LogP contribution in [0.1, 0.15) is 12.1 Å². The minimum atomic E-state index is -4.51. The second-order valence-electron chi connectivity index (χ2n) is 2.79. The molecule has 0 saturated heterocycles. The van der Waals surface area contributed by atoms with Crippen molar-refractivity contribution >= 4 is 10.0 Å². The van der Waals surface area contributed by atoms with Gasteiger partial charge in [-0.1, -0.05) is 0 Å². The largest absolute Gasteiger partial charge is 0.482 e. The van der Waals surface area contributed by atoms with E-state index in [4.69, 9.17) is 0 Å². The van der Waals surface area contributed by atoms with E-state index < -0.39 is 32.5 Å². The molecule has 0 bridgehead atoms. The summed E-state index contributed by atoms with van der Waals surface area (Å²) >= 11 is 0. The molecular weight excluding hydrogens is 246 g/mol. The van der Waals surface area contributed by atoms with Crippen LogP contribution < -0.4 is 15.3 Å². The van der Waals surface area contributed by atoms with Crippen LogP contribution in [0.3, 0.4) is 0 Å². The summed E-state index contributed by atoms with van der Waals surface area (Å²) in [6.07, 6.45) is -3.18. The predicted octanol–water partition coefficient (Wildman–Crippen LogP) is -0.0315. The molecule has 0 aliphatic heterocycles. The lowest BCUT2D eigenvalue weighted by Crippen LogP contribution is -2.24. The van der Waals surface area contributed by atoms with Crippen molar-refractivity contribution in [3.63, 3.8) is 0 Å². The first-order chi connectivity index (χ1) is 7.27. The summed E-state index contributed by atoms with van der Waals surface area (Å²) in [6, 6.07) is 0.728. The number of pyridine rings is 1. The van der Waals surface area contributed by atoms with Crippen LogP contribution in [0.4, 0.5) is 8.78 Å². The summed E-state index contributed by atoms with van der Waals surface area (Å²) in [5.41, 5.74) is -2.22. The number of methoxy groups -OCH3 is 1. The number of hydrogen-bond donors (Lipinski definition) is 2. The standard InChI is InChI=1S/C7H8F2N2O4S/c1-15-4-2-3(12)6(16(10,13)14)5(11-4)7(8)9/h2,7H,1H3,(H,11,12)(H2,10,13,14). The number of alkyl halides is 2. The molecule has 0 aliphatic rings. The molecule has 0 radical (unpaired) electrons. The number of aromatic amines is 1. The first-order valence-corrected chi connectivity index (χ1v) is 5.44. The summed E-state index contributed by atoms with van der Waals surface area (Å²) in [5.74, 6) is -0.271. The van der Waals surface area contributed by atoms with E-state index in [1.54, 1.807) is 0 Å². The summed E-state index contributed by atoms with van der Waals surface area (Å²) in [7, 11) is -3.38. The fourth-order valence-electron chi connectivity index (χ4n) is 1.10. The molecule has 0 unspecified atom stereocenters. The SMILES string of the molecule is COc1cc(=O)c(S(N)(=O)=O)c(C(F)F)[nH]1. The van der Waals surface area contributed by atoms with Crippen molar-refractivity contribution in [3.05, 3.63) is 22.0 Å². The Bertz CT molecular complexity index is 552. The Hall–Kier alpha value is -1.48. The molecule has 3 N–H and O–H groups in total. The van der Waals surface area contributed by atoms with Crippen LogP contribution >= 0.6 is 0 Å². The highest BCUT2D eigenvalue weighted by Crippen LogP contribution is 2.23. The average molecular weight is 254 g/mol. The van der Waals surface area contributed by atoms with Crippen molar-refractivity contribution in [2.45, 2.75) is 11.3 Å². The van der Waals surface area contributed by atoms with Gasteiger partial charge in [0.05, 0.1) is 7.11 Å². The number of hydrogen-bond acceptors (Lipinski definition) is 4. The normalized spacial score (nSPS) is 11.8. The van der Waals surface area contributed by atoms with Crippen LogP contribution in [0, 0.1) is 0 Å². The third-order valence-electron chi connectivity index (χ3n) is 1.71. The molecule has 6 nitrogen and oxygen atoms in total. The summed E-state index contributed by atoms with van der Waals surface area (Å²) in [6.45, 7) is 0. The smallest absolute Gasteiger partial charge is 0.279 e. The molecule has 0 amide bonds. The number of aromatic nitrogens is 1. The molecule has 0 aromatic carbocycles. The Morgan fingerprint density at radius 1 is 1.50 bits per heavy atom. The Labute approximate surface area is 89.1 Å². The maximum Gasteiger partial charge on any atom is 0.279 e. The van der Waals surface area contributed by atoms with Gasteiger partial charge in [-0.2, -0.15) is 0 Å². The van der Waals surface area contributed by atoms with Crippen LogP contribution in [0.5, 0.6) is 5.88 Å². The molecule has 1 aromatic heterocycles. The van der Waals surface area contributed by atoms with Crippen molar-refractivity contribution < 1.29 is 21.9 Å². The van der Waals surface area contributed by atoms with Crippen LogP contribution in [-0.2, 0) is 10.0 Å². The third-order valence-corrected chi connectivity index (χ3v) is 2.70. The van der Waals surface area contributed by atoms with Gasteiger partial charge in [-0.3, -0.25) is 4.79 Å². The van der Waals surface area contributed by atoms with E-state index in [-0.39, 0.29) is 5.88 Å². The first kappa shape index (κ1) is 12.6. The second-order valence-corrected chi connectivity index (χ2v) is 4.29. The van der Waals surface area contributed by atoms with Gasteiger partial charge >= 0.3 is 0 Å². The Morgan fingerprint density at radius 2 is 2.06 bits per heavy atom. The van der Waals surface area contributed by atoms with Crippen molar-refractivity contribution in [1.82, 2.24) is 4.98 Å². The number of primary sulfonamides is 1. The van der Waals surface area contributed by atoms with Gasteiger partial charge in [0.25, 0.3) is 6.43 Å². The van der Waals surface area contributed by atoms with Crippen molar-refractivity contribution in [3.8, 4) is 5.88 Å². The molecule has 1 aromatic rings. The molecular formula is C7H8F2N2O4S. The van der Waals surface area contributed by atoms with Gasteiger partial charge in [-0.05, 0) is 0 Å². The topological polar surface area (TPSA) is 102 Å². The van der Waals surface area contributed by atoms with Crippen LogP contribution in [0.25, 0.3) is 0 Å². The van der Waals surface area contributed by atoms with Crippen LogP contribution in [0.15, 0.2) is 15.8 Å². The van der Waals surface area contributed by atoms with E-state index in [2.05, 4.69) is 9.88 Å². The van der Waals surface area contributed by atoms with Crippen molar-refractivity contribution in [1.29, 1.82) is 0 Å². The van der Waals surface area contributed by atoms with E-state index in [1.807, 2.05) is 4.98 Å². The maximum atomic E-state index is 12.5. The molecule has 0 fully saturated rings. The molecule has 0 atom stereocenters.